The largest absolute Gasteiger partial charge is 0.301 e. The molecule has 22 heavy (non-hydrogen) atoms. The van der Waals surface area contributed by atoms with E-state index in [1.165, 1.54) is 0 Å². The van der Waals surface area contributed by atoms with Crippen molar-refractivity contribution in [3.63, 3.8) is 0 Å². The molecular formula is C15H22F2N2O2S. The zero-order chi connectivity index (χ0) is 16.3. The first-order valence-corrected chi connectivity index (χ1v) is 8.96. The Bertz CT molecular complexity index is 612. The lowest BCUT2D eigenvalue weighted by atomic mass is 9.96. The van der Waals surface area contributed by atoms with Crippen LogP contribution in [0.4, 0.5) is 8.78 Å². The van der Waals surface area contributed by atoms with Crippen LogP contribution < -0.4 is 4.72 Å². The molecule has 0 saturated carbocycles. The molecule has 0 bridgehead atoms. The van der Waals surface area contributed by atoms with E-state index in [0.717, 1.165) is 38.1 Å². The molecule has 0 atom stereocenters. The normalized spacial score (nSPS) is 18.0. The fourth-order valence-corrected chi connectivity index (χ4v) is 3.85. The summed E-state index contributed by atoms with van der Waals surface area (Å²) in [5, 5.41) is 0. The first kappa shape index (κ1) is 17.3. The van der Waals surface area contributed by atoms with Crippen molar-refractivity contribution in [2.24, 2.45) is 5.92 Å². The molecule has 1 aromatic carbocycles. The third kappa shape index (κ3) is 4.24. The second kappa shape index (κ2) is 7.02. The quantitative estimate of drug-likeness (QED) is 0.900. The van der Waals surface area contributed by atoms with Gasteiger partial charge in [0, 0.05) is 18.7 Å². The highest BCUT2D eigenvalue weighted by atomic mass is 32.2. The van der Waals surface area contributed by atoms with E-state index in [1.54, 1.807) is 0 Å². The number of hydrogen-bond acceptors (Lipinski definition) is 3. The van der Waals surface area contributed by atoms with Crippen molar-refractivity contribution in [3.8, 4) is 0 Å². The summed E-state index contributed by atoms with van der Waals surface area (Å²) < 4.78 is 53.1. The molecule has 0 amide bonds. The molecule has 1 aromatic rings. The Morgan fingerprint density at radius 2 is 1.91 bits per heavy atom. The van der Waals surface area contributed by atoms with E-state index in [-0.39, 0.29) is 12.5 Å². The average molecular weight is 332 g/mol. The van der Waals surface area contributed by atoms with Crippen LogP contribution in [0.25, 0.3) is 0 Å². The fourth-order valence-electron chi connectivity index (χ4n) is 2.67. The number of hydrogen-bond donors (Lipinski definition) is 1. The standard InChI is InChI=1S/C15H22F2N2O2S/c1-11(2)19-7-5-12(6-8-19)10-18-22(20,21)15-4-3-13(16)9-14(15)17/h3-4,9,11-12,18H,5-8,10H2,1-2H3. The average Bonchev–Trinajstić information content (AvgIpc) is 2.45. The first-order valence-electron chi connectivity index (χ1n) is 7.48. The predicted molar refractivity (Wildman–Crippen MR) is 81.0 cm³/mol. The van der Waals surface area contributed by atoms with Crippen LogP contribution in [0.15, 0.2) is 23.1 Å². The Hall–Kier alpha value is -1.05. The maximum Gasteiger partial charge on any atom is 0.243 e. The highest BCUT2D eigenvalue weighted by Gasteiger charge is 2.24. The lowest BCUT2D eigenvalue weighted by molar-refractivity contribution is 0.150. The molecule has 1 saturated heterocycles. The molecule has 2 rings (SSSR count). The van der Waals surface area contributed by atoms with Gasteiger partial charge >= 0.3 is 0 Å². The number of benzene rings is 1. The summed E-state index contributed by atoms with van der Waals surface area (Å²) >= 11 is 0. The highest BCUT2D eigenvalue weighted by Crippen LogP contribution is 2.20. The Balaban J connectivity index is 1.93. The van der Waals surface area contributed by atoms with Crippen molar-refractivity contribution in [1.29, 1.82) is 0 Å². The lowest BCUT2D eigenvalue weighted by Crippen LogP contribution is -2.41. The summed E-state index contributed by atoms with van der Waals surface area (Å²) in [5.74, 6) is -1.62. The van der Waals surface area contributed by atoms with E-state index in [0.29, 0.717) is 12.1 Å². The zero-order valence-electron chi connectivity index (χ0n) is 12.9. The van der Waals surface area contributed by atoms with Crippen LogP contribution in [0.2, 0.25) is 0 Å². The molecule has 7 heteroatoms. The van der Waals surface area contributed by atoms with Crippen molar-refractivity contribution < 1.29 is 17.2 Å². The Kier molecular flexibility index (Phi) is 5.52. The smallest absolute Gasteiger partial charge is 0.243 e. The van der Waals surface area contributed by atoms with Crippen LogP contribution in [0, 0.1) is 17.6 Å². The van der Waals surface area contributed by atoms with Crippen LogP contribution in [-0.4, -0.2) is 39.0 Å². The van der Waals surface area contributed by atoms with Crippen molar-refractivity contribution in [3.05, 3.63) is 29.8 Å². The molecule has 4 nitrogen and oxygen atoms in total. The molecule has 0 radical (unpaired) electrons. The molecule has 1 fully saturated rings. The second-order valence-electron chi connectivity index (χ2n) is 6.00. The van der Waals surface area contributed by atoms with Gasteiger partial charge in [0.05, 0.1) is 0 Å². The molecule has 0 spiro atoms. The number of sulfonamides is 1. The van der Waals surface area contributed by atoms with Gasteiger partial charge in [0.25, 0.3) is 0 Å². The molecule has 1 heterocycles. The summed E-state index contributed by atoms with van der Waals surface area (Å²) in [5.41, 5.74) is 0. The third-order valence-corrected chi connectivity index (χ3v) is 5.58. The van der Waals surface area contributed by atoms with Crippen molar-refractivity contribution >= 4 is 10.0 Å². The summed E-state index contributed by atoms with van der Waals surface area (Å²) in [6.07, 6.45) is 1.82. The van der Waals surface area contributed by atoms with E-state index < -0.39 is 26.6 Å². The number of nitrogens with zero attached hydrogens (tertiary/aromatic N) is 1. The summed E-state index contributed by atoms with van der Waals surface area (Å²) in [4.78, 5) is 1.85. The van der Waals surface area contributed by atoms with Gasteiger partial charge in [0.2, 0.25) is 10.0 Å². The zero-order valence-corrected chi connectivity index (χ0v) is 13.7. The molecule has 1 aliphatic rings. The van der Waals surface area contributed by atoms with Crippen LogP contribution >= 0.6 is 0 Å². The van der Waals surface area contributed by atoms with E-state index in [1.807, 2.05) is 0 Å². The van der Waals surface area contributed by atoms with Gasteiger partial charge in [-0.15, -0.1) is 0 Å². The van der Waals surface area contributed by atoms with Crippen LogP contribution in [0.3, 0.4) is 0 Å². The van der Waals surface area contributed by atoms with Gasteiger partial charge in [0.15, 0.2) is 0 Å². The number of halogens is 2. The molecule has 1 aliphatic heterocycles. The molecule has 0 aromatic heterocycles. The van der Waals surface area contributed by atoms with Crippen LogP contribution in [0.1, 0.15) is 26.7 Å². The van der Waals surface area contributed by atoms with E-state index >= 15 is 0 Å². The molecule has 124 valence electrons. The van der Waals surface area contributed by atoms with E-state index in [2.05, 4.69) is 23.5 Å². The summed E-state index contributed by atoms with van der Waals surface area (Å²) in [7, 11) is -3.94. The van der Waals surface area contributed by atoms with Gasteiger partial charge in [-0.05, 0) is 57.8 Å². The van der Waals surface area contributed by atoms with Gasteiger partial charge in [-0.2, -0.15) is 0 Å². The lowest BCUT2D eigenvalue weighted by Gasteiger charge is -2.34. The molecule has 0 aliphatic carbocycles. The topological polar surface area (TPSA) is 49.4 Å². The fraction of sp³-hybridized carbons (Fsp3) is 0.600. The maximum absolute atomic E-state index is 13.6. The van der Waals surface area contributed by atoms with Crippen LogP contribution in [-0.2, 0) is 10.0 Å². The number of piperidine rings is 1. The number of likely N-dealkylation sites (tertiary alicyclic amines) is 1. The van der Waals surface area contributed by atoms with E-state index in [9.17, 15) is 17.2 Å². The monoisotopic (exact) mass is 332 g/mol. The Morgan fingerprint density at radius 3 is 2.45 bits per heavy atom. The molecule has 0 unspecified atom stereocenters. The Morgan fingerprint density at radius 1 is 1.27 bits per heavy atom. The van der Waals surface area contributed by atoms with Crippen molar-refractivity contribution in [2.45, 2.75) is 37.6 Å². The Labute approximate surface area is 130 Å². The minimum absolute atomic E-state index is 0.244. The van der Waals surface area contributed by atoms with Gasteiger partial charge in [-0.25, -0.2) is 21.9 Å². The third-order valence-electron chi connectivity index (χ3n) is 4.12. The van der Waals surface area contributed by atoms with Crippen molar-refractivity contribution in [2.75, 3.05) is 19.6 Å². The minimum atomic E-state index is -3.94. The molecule has 1 N–H and O–H groups in total. The maximum atomic E-state index is 13.6. The van der Waals surface area contributed by atoms with E-state index in [4.69, 9.17) is 0 Å². The number of nitrogens with one attached hydrogen (secondary N) is 1. The molecular weight excluding hydrogens is 310 g/mol. The van der Waals surface area contributed by atoms with Crippen LogP contribution in [0.5, 0.6) is 0 Å². The van der Waals surface area contributed by atoms with Crippen molar-refractivity contribution in [1.82, 2.24) is 9.62 Å². The van der Waals surface area contributed by atoms with Gasteiger partial charge < -0.3 is 4.90 Å². The summed E-state index contributed by atoms with van der Waals surface area (Å²) in [6.45, 7) is 6.44. The SMILES string of the molecule is CC(C)N1CCC(CNS(=O)(=O)c2ccc(F)cc2F)CC1. The van der Waals surface area contributed by atoms with Gasteiger partial charge in [0.1, 0.15) is 16.5 Å². The summed E-state index contributed by atoms with van der Waals surface area (Å²) in [6, 6.07) is 2.97. The van der Waals surface area contributed by atoms with Gasteiger partial charge in [-0.1, -0.05) is 0 Å². The minimum Gasteiger partial charge on any atom is -0.301 e. The highest BCUT2D eigenvalue weighted by molar-refractivity contribution is 7.89. The first-order chi connectivity index (χ1) is 10.3. The van der Waals surface area contributed by atoms with Gasteiger partial charge in [-0.3, -0.25) is 0 Å². The number of rotatable bonds is 5. The predicted octanol–water partition coefficient (Wildman–Crippen LogP) is 2.36. The second-order valence-corrected chi connectivity index (χ2v) is 7.74.